The summed E-state index contributed by atoms with van der Waals surface area (Å²) >= 11 is 0. The van der Waals surface area contributed by atoms with Gasteiger partial charge >= 0.3 is 0 Å². The zero-order valence-electron chi connectivity index (χ0n) is 19.1. The standard InChI is InChI=1S/C22H24N6O2.C2H6/c1-13-4-3-5-15-10-17(28(22(29)18(13)15)16-6-8-30-9-7-16)11-27-21-19(14(2)26-27)20(23)24-12-25-21;1-2/h3-5,10,12,16H,6-9,11H2,1-2H3,(H2,23,24,25);1-2H3. The highest BCUT2D eigenvalue weighted by molar-refractivity contribution is 5.88. The van der Waals surface area contributed by atoms with Crippen molar-refractivity contribution in [2.45, 2.75) is 53.1 Å². The second-order valence-corrected chi connectivity index (χ2v) is 7.89. The quantitative estimate of drug-likeness (QED) is 0.527. The smallest absolute Gasteiger partial charge is 0.259 e. The molecule has 1 fully saturated rings. The van der Waals surface area contributed by atoms with E-state index in [-0.39, 0.29) is 11.6 Å². The fourth-order valence-electron chi connectivity index (χ4n) is 4.54. The lowest BCUT2D eigenvalue weighted by molar-refractivity contribution is 0.0679. The van der Waals surface area contributed by atoms with Crippen LogP contribution in [-0.2, 0) is 11.3 Å². The Bertz CT molecular complexity index is 1320. The molecule has 0 radical (unpaired) electrons. The number of pyridine rings is 1. The van der Waals surface area contributed by atoms with Crippen LogP contribution in [0.25, 0.3) is 21.8 Å². The molecule has 5 rings (SSSR count). The van der Waals surface area contributed by atoms with Crippen LogP contribution in [-0.4, -0.2) is 37.5 Å². The molecule has 8 heteroatoms. The highest BCUT2D eigenvalue weighted by Gasteiger charge is 2.23. The Hall–Kier alpha value is -3.26. The third-order valence-electron chi connectivity index (χ3n) is 5.97. The molecule has 168 valence electrons. The van der Waals surface area contributed by atoms with Crippen LogP contribution in [0.15, 0.2) is 35.4 Å². The highest BCUT2D eigenvalue weighted by Crippen LogP contribution is 2.26. The van der Waals surface area contributed by atoms with Gasteiger partial charge < -0.3 is 15.0 Å². The molecule has 4 heterocycles. The van der Waals surface area contributed by atoms with Gasteiger partial charge in [0, 0.05) is 24.9 Å². The fourth-order valence-corrected chi connectivity index (χ4v) is 4.54. The van der Waals surface area contributed by atoms with Crippen LogP contribution in [0, 0.1) is 13.8 Å². The van der Waals surface area contributed by atoms with E-state index in [9.17, 15) is 4.79 Å². The molecule has 1 aliphatic rings. The third-order valence-corrected chi connectivity index (χ3v) is 5.97. The second-order valence-electron chi connectivity index (χ2n) is 7.89. The third kappa shape index (κ3) is 3.75. The van der Waals surface area contributed by atoms with Crippen molar-refractivity contribution in [1.82, 2.24) is 24.3 Å². The number of rotatable bonds is 3. The van der Waals surface area contributed by atoms with E-state index in [0.29, 0.717) is 31.2 Å². The van der Waals surface area contributed by atoms with Crippen LogP contribution in [0.2, 0.25) is 0 Å². The summed E-state index contributed by atoms with van der Waals surface area (Å²) in [5.74, 6) is 0.416. The number of ether oxygens (including phenoxy) is 1. The van der Waals surface area contributed by atoms with Gasteiger partial charge in [0.25, 0.3) is 5.56 Å². The molecular formula is C24H30N6O2. The Morgan fingerprint density at radius 2 is 1.88 bits per heavy atom. The topological polar surface area (TPSA) is 101 Å². The van der Waals surface area contributed by atoms with E-state index in [1.165, 1.54) is 6.33 Å². The van der Waals surface area contributed by atoms with Gasteiger partial charge in [-0.3, -0.25) is 4.79 Å². The molecule has 1 aliphatic heterocycles. The number of hydrogen-bond acceptors (Lipinski definition) is 6. The van der Waals surface area contributed by atoms with E-state index >= 15 is 0 Å². The molecule has 1 saturated heterocycles. The molecule has 0 unspecified atom stereocenters. The molecule has 0 saturated carbocycles. The number of aromatic nitrogens is 5. The number of aryl methyl sites for hydroxylation is 2. The first-order valence-corrected chi connectivity index (χ1v) is 11.2. The van der Waals surface area contributed by atoms with Gasteiger partial charge in [0.05, 0.1) is 23.0 Å². The van der Waals surface area contributed by atoms with Crippen LogP contribution in [0.4, 0.5) is 5.82 Å². The van der Waals surface area contributed by atoms with Crippen LogP contribution in [0.3, 0.4) is 0 Å². The molecule has 0 amide bonds. The summed E-state index contributed by atoms with van der Waals surface area (Å²) in [5.41, 5.74) is 9.46. The van der Waals surface area contributed by atoms with Crippen molar-refractivity contribution in [1.29, 1.82) is 0 Å². The van der Waals surface area contributed by atoms with E-state index in [4.69, 9.17) is 10.5 Å². The summed E-state index contributed by atoms with van der Waals surface area (Å²) in [6, 6.07) is 8.18. The van der Waals surface area contributed by atoms with E-state index < -0.39 is 0 Å². The lowest BCUT2D eigenvalue weighted by Gasteiger charge is -2.27. The van der Waals surface area contributed by atoms with E-state index in [1.54, 1.807) is 0 Å². The number of anilines is 1. The number of benzene rings is 1. The Kier molecular flexibility index (Phi) is 6.23. The fraction of sp³-hybridized carbons (Fsp3) is 0.417. The molecule has 4 aromatic rings. The molecule has 0 atom stereocenters. The van der Waals surface area contributed by atoms with E-state index in [1.807, 2.05) is 55.1 Å². The van der Waals surface area contributed by atoms with Gasteiger partial charge in [0.15, 0.2) is 5.65 Å². The van der Waals surface area contributed by atoms with Crippen molar-refractivity contribution in [2.75, 3.05) is 18.9 Å². The molecule has 3 aromatic heterocycles. The zero-order chi connectivity index (χ0) is 22.8. The first-order chi connectivity index (χ1) is 15.5. The Morgan fingerprint density at radius 1 is 1.12 bits per heavy atom. The zero-order valence-corrected chi connectivity index (χ0v) is 19.1. The lowest BCUT2D eigenvalue weighted by Crippen LogP contribution is -2.32. The van der Waals surface area contributed by atoms with Crippen LogP contribution < -0.4 is 11.3 Å². The normalized spacial score (nSPS) is 14.5. The predicted octanol–water partition coefficient (Wildman–Crippen LogP) is 3.77. The van der Waals surface area contributed by atoms with Crippen molar-refractivity contribution < 1.29 is 4.74 Å². The molecule has 1 aromatic carbocycles. The predicted molar refractivity (Wildman–Crippen MR) is 127 cm³/mol. The second kappa shape index (κ2) is 9.08. The number of nitrogen functional groups attached to an aromatic ring is 1. The van der Waals surface area contributed by atoms with Crippen LogP contribution in [0.1, 0.15) is 49.7 Å². The molecule has 0 bridgehead atoms. The van der Waals surface area contributed by atoms with Gasteiger partial charge in [-0.15, -0.1) is 0 Å². The summed E-state index contributed by atoms with van der Waals surface area (Å²) in [4.78, 5) is 22.1. The van der Waals surface area contributed by atoms with Gasteiger partial charge in [-0.05, 0) is 43.7 Å². The molecule has 2 N–H and O–H groups in total. The minimum atomic E-state index is 0.0508. The molecule has 0 aliphatic carbocycles. The maximum absolute atomic E-state index is 13.6. The average molecular weight is 435 g/mol. The van der Waals surface area contributed by atoms with Gasteiger partial charge in [0.1, 0.15) is 12.1 Å². The summed E-state index contributed by atoms with van der Waals surface area (Å²) in [5, 5.41) is 7.14. The summed E-state index contributed by atoms with van der Waals surface area (Å²) < 4.78 is 9.30. The SMILES string of the molecule is CC.Cc1nn(Cc2cc3cccc(C)c3c(=O)n2C2CCOCC2)c2ncnc(N)c12. The summed E-state index contributed by atoms with van der Waals surface area (Å²) in [7, 11) is 0. The number of nitrogens with two attached hydrogens (primary N) is 1. The minimum Gasteiger partial charge on any atom is -0.383 e. The maximum atomic E-state index is 13.6. The number of hydrogen-bond donors (Lipinski definition) is 1. The van der Waals surface area contributed by atoms with Gasteiger partial charge in [-0.1, -0.05) is 32.0 Å². The first kappa shape index (κ1) is 22.0. The van der Waals surface area contributed by atoms with E-state index in [0.717, 1.165) is 46.0 Å². The van der Waals surface area contributed by atoms with Gasteiger partial charge in [-0.25, -0.2) is 14.6 Å². The number of fused-ring (bicyclic) bond motifs is 2. The van der Waals surface area contributed by atoms with Crippen molar-refractivity contribution in [3.8, 4) is 0 Å². The molecular weight excluding hydrogens is 404 g/mol. The van der Waals surface area contributed by atoms with Crippen LogP contribution in [0.5, 0.6) is 0 Å². The summed E-state index contributed by atoms with van der Waals surface area (Å²) in [6.07, 6.45) is 3.08. The molecule has 8 nitrogen and oxygen atoms in total. The monoisotopic (exact) mass is 434 g/mol. The lowest BCUT2D eigenvalue weighted by atomic mass is 10.0. The Morgan fingerprint density at radius 3 is 2.62 bits per heavy atom. The van der Waals surface area contributed by atoms with E-state index in [2.05, 4.69) is 21.1 Å². The first-order valence-electron chi connectivity index (χ1n) is 11.2. The Balaban J connectivity index is 0.00000119. The maximum Gasteiger partial charge on any atom is 0.259 e. The average Bonchev–Trinajstić information content (AvgIpc) is 3.12. The number of nitrogens with zero attached hydrogens (tertiary/aromatic N) is 5. The van der Waals surface area contributed by atoms with Crippen molar-refractivity contribution in [3.05, 3.63) is 57.9 Å². The highest BCUT2D eigenvalue weighted by atomic mass is 16.5. The Labute approximate surface area is 187 Å². The van der Waals surface area contributed by atoms with Crippen LogP contribution >= 0.6 is 0 Å². The van der Waals surface area contributed by atoms with Gasteiger partial charge in [-0.2, -0.15) is 5.10 Å². The largest absolute Gasteiger partial charge is 0.383 e. The summed E-state index contributed by atoms with van der Waals surface area (Å²) in [6.45, 7) is 9.64. The minimum absolute atomic E-state index is 0.0508. The van der Waals surface area contributed by atoms with Gasteiger partial charge in [0.2, 0.25) is 0 Å². The van der Waals surface area contributed by atoms with Crippen molar-refractivity contribution in [2.24, 2.45) is 0 Å². The molecule has 32 heavy (non-hydrogen) atoms. The molecule has 0 spiro atoms. The van der Waals surface area contributed by atoms with Crippen molar-refractivity contribution >= 4 is 27.6 Å². The van der Waals surface area contributed by atoms with Crippen molar-refractivity contribution in [3.63, 3.8) is 0 Å².